The molecule has 0 saturated heterocycles. The fourth-order valence-electron chi connectivity index (χ4n) is 1.47. The predicted molar refractivity (Wildman–Crippen MR) is 52.7 cm³/mol. The first kappa shape index (κ1) is 9.22. The van der Waals surface area contributed by atoms with Crippen LogP contribution in [0.1, 0.15) is 15.9 Å². The predicted octanol–water partition coefficient (Wildman–Crippen LogP) is 2.05. The topological polar surface area (TPSA) is 50.1 Å². The maximum Gasteiger partial charge on any atom is 0.340 e. The van der Waals surface area contributed by atoms with Gasteiger partial charge in [0.05, 0.1) is 5.56 Å². The fraction of sp³-hybridized carbons (Fsp3) is 0.200. The molecule has 1 aromatic rings. The summed E-state index contributed by atoms with van der Waals surface area (Å²) < 4.78 is 5.63. The van der Waals surface area contributed by atoms with Crippen LogP contribution in [-0.4, -0.2) is 12.1 Å². The molecule has 0 bridgehead atoms. The van der Waals surface area contributed by atoms with Gasteiger partial charge in [-0.1, -0.05) is 12.1 Å². The summed E-state index contributed by atoms with van der Waals surface area (Å²) in [6.45, 7) is 0. The molecule has 0 radical (unpaired) electrons. The molecule has 1 aliphatic rings. The van der Waals surface area contributed by atoms with E-state index in [0.717, 1.165) is 10.0 Å². The van der Waals surface area contributed by atoms with Crippen LogP contribution in [0.25, 0.3) is 0 Å². The molecule has 0 fully saturated rings. The molecule has 0 aliphatic carbocycles. The molecule has 70 valence electrons. The van der Waals surface area contributed by atoms with E-state index in [1.165, 1.54) is 0 Å². The van der Waals surface area contributed by atoms with Gasteiger partial charge in [0.15, 0.2) is 6.10 Å². The molecular weight excluding hydrogens is 246 g/mol. The fourth-order valence-corrected chi connectivity index (χ4v) is 2.04. The zero-order chi connectivity index (χ0) is 10.1. The van der Waals surface area contributed by atoms with Gasteiger partial charge in [-0.25, -0.2) is 4.79 Å². The Morgan fingerprint density at radius 3 is 3.07 bits per heavy atom. The van der Waals surface area contributed by atoms with E-state index in [1.54, 1.807) is 6.07 Å². The molecule has 4 heteroatoms. The van der Waals surface area contributed by atoms with Crippen molar-refractivity contribution in [1.29, 1.82) is 5.26 Å². The summed E-state index contributed by atoms with van der Waals surface area (Å²) in [5, 5.41) is 8.66. The second kappa shape index (κ2) is 3.43. The largest absolute Gasteiger partial charge is 0.443 e. The number of rotatable bonds is 0. The van der Waals surface area contributed by atoms with E-state index in [1.807, 2.05) is 18.2 Å². The summed E-state index contributed by atoms with van der Waals surface area (Å²) in [6.07, 6.45) is -0.180. The molecule has 14 heavy (non-hydrogen) atoms. The minimum Gasteiger partial charge on any atom is -0.443 e. The number of hydrogen-bond acceptors (Lipinski definition) is 3. The van der Waals surface area contributed by atoms with Crippen molar-refractivity contribution in [1.82, 2.24) is 0 Å². The Hall–Kier alpha value is -1.34. The highest BCUT2D eigenvalue weighted by Gasteiger charge is 2.27. The number of fused-ring (bicyclic) bond motifs is 1. The number of esters is 1. The smallest absolute Gasteiger partial charge is 0.340 e. The van der Waals surface area contributed by atoms with E-state index in [0.29, 0.717) is 12.0 Å². The Morgan fingerprint density at radius 1 is 1.57 bits per heavy atom. The van der Waals surface area contributed by atoms with E-state index < -0.39 is 12.1 Å². The molecular formula is C10H6BrNO2. The lowest BCUT2D eigenvalue weighted by Crippen LogP contribution is -2.26. The Labute approximate surface area is 89.4 Å². The number of nitrogens with zero attached hydrogens (tertiary/aromatic N) is 1. The summed E-state index contributed by atoms with van der Waals surface area (Å²) in [4.78, 5) is 11.5. The second-order valence-electron chi connectivity index (χ2n) is 3.00. The third-order valence-electron chi connectivity index (χ3n) is 2.10. The van der Waals surface area contributed by atoms with Crippen LogP contribution >= 0.6 is 15.9 Å². The molecule has 1 atom stereocenters. The van der Waals surface area contributed by atoms with Crippen molar-refractivity contribution in [3.63, 3.8) is 0 Å². The Balaban J connectivity index is 2.51. The maximum atomic E-state index is 11.5. The first-order chi connectivity index (χ1) is 6.72. The maximum absolute atomic E-state index is 11.5. The van der Waals surface area contributed by atoms with Crippen molar-refractivity contribution in [3.8, 4) is 6.07 Å². The summed E-state index contributed by atoms with van der Waals surface area (Å²) in [5.41, 5.74) is 1.40. The number of halogens is 1. The molecule has 0 spiro atoms. The first-order valence-electron chi connectivity index (χ1n) is 4.10. The van der Waals surface area contributed by atoms with Gasteiger partial charge in [-0.05, 0) is 27.6 Å². The van der Waals surface area contributed by atoms with Crippen molar-refractivity contribution < 1.29 is 9.53 Å². The van der Waals surface area contributed by atoms with Gasteiger partial charge >= 0.3 is 5.97 Å². The Kier molecular flexibility index (Phi) is 2.26. The van der Waals surface area contributed by atoms with Crippen LogP contribution in [0.5, 0.6) is 0 Å². The van der Waals surface area contributed by atoms with E-state index >= 15 is 0 Å². The standard InChI is InChI=1S/C10H6BrNO2/c11-8-3-1-2-6-4-7(5-12)14-10(13)9(6)8/h1-3,7H,4H2. The number of cyclic esters (lactones) is 1. The Morgan fingerprint density at radius 2 is 2.36 bits per heavy atom. The average Bonchev–Trinajstić information content (AvgIpc) is 2.17. The molecule has 0 saturated carbocycles. The molecule has 1 heterocycles. The first-order valence-corrected chi connectivity index (χ1v) is 4.89. The molecule has 3 nitrogen and oxygen atoms in total. The van der Waals surface area contributed by atoms with Gasteiger partial charge in [0.25, 0.3) is 0 Å². The zero-order valence-corrected chi connectivity index (χ0v) is 8.74. The summed E-state index contributed by atoms with van der Waals surface area (Å²) in [7, 11) is 0. The van der Waals surface area contributed by atoms with E-state index in [2.05, 4.69) is 15.9 Å². The lowest BCUT2D eigenvalue weighted by molar-refractivity contribution is 0.0369. The summed E-state index contributed by atoms with van der Waals surface area (Å²) in [5.74, 6) is -0.426. The SMILES string of the molecule is N#CC1Cc2cccc(Br)c2C(=O)O1. The number of benzene rings is 1. The third-order valence-corrected chi connectivity index (χ3v) is 2.76. The number of nitriles is 1. The van der Waals surface area contributed by atoms with Gasteiger partial charge < -0.3 is 4.74 Å². The van der Waals surface area contributed by atoms with Crippen LogP contribution in [0.15, 0.2) is 22.7 Å². The molecule has 1 aromatic carbocycles. The zero-order valence-electron chi connectivity index (χ0n) is 7.16. The van der Waals surface area contributed by atoms with Crippen molar-refractivity contribution in [2.24, 2.45) is 0 Å². The van der Waals surface area contributed by atoms with E-state index in [-0.39, 0.29) is 0 Å². The highest BCUT2D eigenvalue weighted by Crippen LogP contribution is 2.27. The molecule has 1 unspecified atom stereocenters. The monoisotopic (exact) mass is 251 g/mol. The van der Waals surface area contributed by atoms with Crippen molar-refractivity contribution in [3.05, 3.63) is 33.8 Å². The number of carbonyl (C=O) groups is 1. The van der Waals surface area contributed by atoms with Crippen molar-refractivity contribution >= 4 is 21.9 Å². The van der Waals surface area contributed by atoms with Gasteiger partial charge in [0, 0.05) is 10.9 Å². The minimum atomic E-state index is -0.649. The van der Waals surface area contributed by atoms with Crippen LogP contribution in [-0.2, 0) is 11.2 Å². The molecule has 1 aliphatic heterocycles. The van der Waals surface area contributed by atoms with E-state index in [4.69, 9.17) is 10.00 Å². The van der Waals surface area contributed by atoms with Crippen molar-refractivity contribution in [2.45, 2.75) is 12.5 Å². The minimum absolute atomic E-state index is 0.426. The highest BCUT2D eigenvalue weighted by molar-refractivity contribution is 9.10. The number of carbonyl (C=O) groups excluding carboxylic acids is 1. The quantitative estimate of drug-likeness (QED) is 0.664. The molecule has 0 N–H and O–H groups in total. The van der Waals surface area contributed by atoms with Crippen molar-refractivity contribution in [2.75, 3.05) is 0 Å². The summed E-state index contributed by atoms with van der Waals surface area (Å²) in [6, 6.07) is 7.40. The number of hydrogen-bond donors (Lipinski definition) is 0. The second-order valence-corrected chi connectivity index (χ2v) is 3.86. The van der Waals surface area contributed by atoms with Gasteiger partial charge in [0.1, 0.15) is 6.07 Å². The average molecular weight is 252 g/mol. The third kappa shape index (κ3) is 1.40. The number of ether oxygens (including phenoxy) is 1. The van der Waals surface area contributed by atoms with Crippen LogP contribution in [0.3, 0.4) is 0 Å². The molecule has 0 amide bonds. The Bertz CT molecular complexity index is 436. The molecule has 2 rings (SSSR count). The van der Waals surface area contributed by atoms with Crippen LogP contribution in [0, 0.1) is 11.3 Å². The molecule has 0 aromatic heterocycles. The van der Waals surface area contributed by atoms with Crippen LogP contribution in [0.4, 0.5) is 0 Å². The van der Waals surface area contributed by atoms with Crippen LogP contribution < -0.4 is 0 Å². The van der Waals surface area contributed by atoms with Gasteiger partial charge in [-0.3, -0.25) is 0 Å². The van der Waals surface area contributed by atoms with Gasteiger partial charge in [-0.2, -0.15) is 5.26 Å². The summed E-state index contributed by atoms with van der Waals surface area (Å²) >= 11 is 3.28. The lowest BCUT2D eigenvalue weighted by Gasteiger charge is -2.20. The normalized spacial score (nSPS) is 19.4. The van der Waals surface area contributed by atoms with Gasteiger partial charge in [0.2, 0.25) is 0 Å². The highest BCUT2D eigenvalue weighted by atomic mass is 79.9. The van der Waals surface area contributed by atoms with Gasteiger partial charge in [-0.15, -0.1) is 0 Å². The lowest BCUT2D eigenvalue weighted by atomic mass is 9.99. The van der Waals surface area contributed by atoms with E-state index in [9.17, 15) is 4.79 Å². The van der Waals surface area contributed by atoms with Crippen LogP contribution in [0.2, 0.25) is 0 Å².